The fourth-order valence-electron chi connectivity index (χ4n) is 3.69. The summed E-state index contributed by atoms with van der Waals surface area (Å²) in [6.07, 6.45) is 0.481. The fraction of sp³-hybridized carbons (Fsp3) is 0.318. The minimum Gasteiger partial charge on any atom is -0.341 e. The molecule has 2 aromatic carbocycles. The summed E-state index contributed by atoms with van der Waals surface area (Å²) in [6, 6.07) is 15.0. The molecule has 1 aliphatic rings. The number of aryl methyl sites for hydroxylation is 1. The van der Waals surface area contributed by atoms with E-state index in [1.807, 2.05) is 47.9 Å². The van der Waals surface area contributed by atoms with Crippen LogP contribution in [0.2, 0.25) is 5.02 Å². The van der Waals surface area contributed by atoms with E-state index in [1.165, 1.54) is 11.8 Å². The Morgan fingerprint density at radius 1 is 1.19 bits per heavy atom. The number of hydrogen-bond acceptors (Lipinski definition) is 6. The van der Waals surface area contributed by atoms with Gasteiger partial charge in [0.1, 0.15) is 0 Å². The van der Waals surface area contributed by atoms with Crippen LogP contribution in [0.3, 0.4) is 0 Å². The Morgan fingerprint density at radius 3 is 2.56 bits per heavy atom. The second kappa shape index (κ2) is 9.25. The van der Waals surface area contributed by atoms with Gasteiger partial charge in [-0.25, -0.2) is 8.42 Å². The molecule has 168 valence electrons. The first-order valence-electron chi connectivity index (χ1n) is 10.1. The van der Waals surface area contributed by atoms with E-state index in [-0.39, 0.29) is 29.2 Å². The van der Waals surface area contributed by atoms with E-state index < -0.39 is 9.84 Å². The Morgan fingerprint density at radius 2 is 1.91 bits per heavy atom. The Balaban J connectivity index is 1.61. The fourth-order valence-corrected chi connectivity index (χ4v) is 6.46. The standard InChI is InChI=1S/C22H23ClN4O3S2/c1-15-5-3-4-6-19(15)27-21(16-7-9-17(23)10-8-16)24-25-22(27)31-13-20(28)26(2)18-11-12-32(29,30)14-18/h3-10,18H,11-14H2,1-2H3. The number of para-hydroxylation sites is 1. The Bertz CT molecular complexity index is 1240. The third-order valence-corrected chi connectivity index (χ3v) is 8.48. The maximum atomic E-state index is 12.8. The van der Waals surface area contributed by atoms with Crippen LogP contribution in [0.15, 0.2) is 53.7 Å². The van der Waals surface area contributed by atoms with E-state index in [2.05, 4.69) is 10.2 Å². The number of amides is 1. The van der Waals surface area contributed by atoms with E-state index in [0.717, 1.165) is 16.8 Å². The first kappa shape index (κ1) is 22.8. The molecule has 1 aromatic heterocycles. The number of halogens is 1. The van der Waals surface area contributed by atoms with Gasteiger partial charge < -0.3 is 4.90 Å². The van der Waals surface area contributed by atoms with Crippen LogP contribution in [0.25, 0.3) is 17.1 Å². The van der Waals surface area contributed by atoms with Crippen molar-refractivity contribution in [3.63, 3.8) is 0 Å². The quantitative estimate of drug-likeness (QED) is 0.490. The summed E-state index contributed by atoms with van der Waals surface area (Å²) >= 11 is 7.33. The number of rotatable bonds is 6. The van der Waals surface area contributed by atoms with Gasteiger partial charge in [0.2, 0.25) is 5.91 Å². The third kappa shape index (κ3) is 4.84. The topological polar surface area (TPSA) is 85.2 Å². The van der Waals surface area contributed by atoms with Crippen LogP contribution in [0.5, 0.6) is 0 Å². The molecule has 1 saturated heterocycles. The number of carbonyl (C=O) groups is 1. The molecule has 0 saturated carbocycles. The maximum Gasteiger partial charge on any atom is 0.233 e. The molecule has 32 heavy (non-hydrogen) atoms. The van der Waals surface area contributed by atoms with Gasteiger partial charge in [-0.2, -0.15) is 0 Å². The van der Waals surface area contributed by atoms with Gasteiger partial charge in [-0.3, -0.25) is 9.36 Å². The predicted molar refractivity (Wildman–Crippen MR) is 127 cm³/mol. The largest absolute Gasteiger partial charge is 0.341 e. The summed E-state index contributed by atoms with van der Waals surface area (Å²) in [4.78, 5) is 14.3. The molecule has 1 aliphatic heterocycles. The molecule has 3 aromatic rings. The zero-order valence-electron chi connectivity index (χ0n) is 17.7. The number of carbonyl (C=O) groups excluding carboxylic acids is 1. The highest BCUT2D eigenvalue weighted by molar-refractivity contribution is 7.99. The highest BCUT2D eigenvalue weighted by Gasteiger charge is 2.32. The molecule has 1 unspecified atom stereocenters. The summed E-state index contributed by atoms with van der Waals surface area (Å²) in [5.74, 6) is 0.817. The minimum atomic E-state index is -3.06. The van der Waals surface area contributed by atoms with Crippen molar-refractivity contribution in [2.75, 3.05) is 24.3 Å². The molecule has 1 fully saturated rings. The molecular weight excluding hydrogens is 468 g/mol. The molecule has 2 heterocycles. The second-order valence-electron chi connectivity index (χ2n) is 7.79. The molecule has 0 N–H and O–H groups in total. The highest BCUT2D eigenvalue weighted by atomic mass is 35.5. The van der Waals surface area contributed by atoms with E-state index in [9.17, 15) is 13.2 Å². The number of sulfone groups is 1. The molecule has 1 amide bonds. The summed E-state index contributed by atoms with van der Waals surface area (Å²) in [6.45, 7) is 2.01. The summed E-state index contributed by atoms with van der Waals surface area (Å²) in [5.41, 5.74) is 2.83. The molecule has 0 bridgehead atoms. The van der Waals surface area contributed by atoms with Crippen molar-refractivity contribution in [1.29, 1.82) is 0 Å². The van der Waals surface area contributed by atoms with Crippen molar-refractivity contribution in [1.82, 2.24) is 19.7 Å². The summed E-state index contributed by atoms with van der Waals surface area (Å²) in [7, 11) is -1.39. The van der Waals surface area contributed by atoms with Crippen LogP contribution in [0, 0.1) is 6.92 Å². The molecule has 0 aliphatic carbocycles. The van der Waals surface area contributed by atoms with Gasteiger partial charge in [-0.05, 0) is 49.2 Å². The zero-order chi connectivity index (χ0) is 22.9. The lowest BCUT2D eigenvalue weighted by atomic mass is 10.1. The van der Waals surface area contributed by atoms with Crippen LogP contribution in [-0.2, 0) is 14.6 Å². The van der Waals surface area contributed by atoms with Gasteiger partial charge in [0.15, 0.2) is 20.8 Å². The van der Waals surface area contributed by atoms with Crippen LogP contribution >= 0.6 is 23.4 Å². The Labute approximate surface area is 196 Å². The highest BCUT2D eigenvalue weighted by Crippen LogP contribution is 2.30. The molecular formula is C22H23ClN4O3S2. The predicted octanol–water partition coefficient (Wildman–Crippen LogP) is 3.63. The number of nitrogens with zero attached hydrogens (tertiary/aromatic N) is 4. The molecule has 0 spiro atoms. The normalized spacial score (nSPS) is 17.4. The summed E-state index contributed by atoms with van der Waals surface area (Å²) in [5, 5.41) is 9.98. The minimum absolute atomic E-state index is 0.0278. The Kier molecular flexibility index (Phi) is 6.60. The van der Waals surface area contributed by atoms with Crippen LogP contribution in [-0.4, -0.2) is 64.3 Å². The lowest BCUT2D eigenvalue weighted by Crippen LogP contribution is -2.38. The van der Waals surface area contributed by atoms with E-state index in [1.54, 1.807) is 24.1 Å². The van der Waals surface area contributed by atoms with Crippen LogP contribution < -0.4 is 0 Å². The van der Waals surface area contributed by atoms with Crippen molar-refractivity contribution < 1.29 is 13.2 Å². The molecule has 1 atom stereocenters. The lowest BCUT2D eigenvalue weighted by Gasteiger charge is -2.23. The van der Waals surface area contributed by atoms with E-state index in [4.69, 9.17) is 11.6 Å². The number of aromatic nitrogens is 3. The Hall–Kier alpha value is -2.36. The zero-order valence-corrected chi connectivity index (χ0v) is 20.1. The van der Waals surface area contributed by atoms with Gasteiger partial charge in [0.25, 0.3) is 0 Å². The summed E-state index contributed by atoms with van der Waals surface area (Å²) < 4.78 is 25.5. The molecule has 0 radical (unpaired) electrons. The smallest absolute Gasteiger partial charge is 0.233 e. The van der Waals surface area contributed by atoms with Gasteiger partial charge in [0.05, 0.1) is 22.9 Å². The third-order valence-electron chi connectivity index (χ3n) is 5.57. The first-order chi connectivity index (χ1) is 15.2. The average molecular weight is 491 g/mol. The van der Waals surface area contributed by atoms with Crippen molar-refractivity contribution >= 4 is 39.1 Å². The van der Waals surface area contributed by atoms with Gasteiger partial charge in [-0.15, -0.1) is 10.2 Å². The van der Waals surface area contributed by atoms with Crippen molar-refractivity contribution in [2.45, 2.75) is 24.5 Å². The first-order valence-corrected chi connectivity index (χ1v) is 13.3. The maximum absolute atomic E-state index is 12.8. The second-order valence-corrected chi connectivity index (χ2v) is 11.4. The number of thioether (sulfide) groups is 1. The van der Waals surface area contributed by atoms with Crippen LogP contribution in [0.4, 0.5) is 0 Å². The van der Waals surface area contributed by atoms with Crippen molar-refractivity contribution in [3.05, 3.63) is 59.1 Å². The van der Waals surface area contributed by atoms with E-state index in [0.29, 0.717) is 22.4 Å². The molecule has 7 nitrogen and oxygen atoms in total. The van der Waals surface area contributed by atoms with Crippen LogP contribution in [0.1, 0.15) is 12.0 Å². The monoisotopic (exact) mass is 490 g/mol. The van der Waals surface area contributed by atoms with Crippen molar-refractivity contribution in [3.8, 4) is 17.1 Å². The van der Waals surface area contributed by atoms with Gasteiger partial charge in [-0.1, -0.05) is 41.6 Å². The van der Waals surface area contributed by atoms with E-state index >= 15 is 0 Å². The number of benzene rings is 2. The molecule has 4 rings (SSSR count). The number of hydrogen-bond donors (Lipinski definition) is 0. The van der Waals surface area contributed by atoms with Gasteiger partial charge >= 0.3 is 0 Å². The molecule has 10 heteroatoms. The SMILES string of the molecule is Cc1ccccc1-n1c(SCC(=O)N(C)C2CCS(=O)(=O)C2)nnc1-c1ccc(Cl)cc1. The van der Waals surface area contributed by atoms with Crippen molar-refractivity contribution in [2.24, 2.45) is 0 Å². The lowest BCUT2D eigenvalue weighted by molar-refractivity contribution is -0.128. The average Bonchev–Trinajstić information content (AvgIpc) is 3.35. The van der Waals surface area contributed by atoms with Gasteiger partial charge in [0, 0.05) is 23.7 Å².